The average Bonchev–Trinajstić information content (AvgIpc) is 2.36. The number of nitrogens with zero attached hydrogens (tertiary/aromatic N) is 1. The first kappa shape index (κ1) is 20.5. The normalized spacial score (nSPS) is 20.0. The van der Waals surface area contributed by atoms with E-state index < -0.39 is 38.9 Å². The maximum absolute atomic E-state index is 12.5. The van der Waals surface area contributed by atoms with Crippen molar-refractivity contribution in [1.82, 2.24) is 4.98 Å². The van der Waals surface area contributed by atoms with Gasteiger partial charge >= 0.3 is 15.2 Å². The fourth-order valence-corrected chi connectivity index (χ4v) is 5.68. The van der Waals surface area contributed by atoms with E-state index in [0.29, 0.717) is 5.56 Å². The van der Waals surface area contributed by atoms with Crippen LogP contribution in [0, 0.1) is 0 Å². The Morgan fingerprint density at radius 2 is 1.61 bits per heavy atom. The average molecular weight is 367 g/mol. The molecule has 0 saturated heterocycles. The van der Waals surface area contributed by atoms with Crippen LogP contribution in [0.3, 0.4) is 0 Å². The lowest BCUT2D eigenvalue weighted by atomic mass is 10.2. The SMILES string of the molecule is CC(C)OP(=O)(O)C(O)(Cc1cccnc1)P(=O)(O)OC(C)C. The highest BCUT2D eigenvalue weighted by Crippen LogP contribution is 2.73. The molecule has 0 fully saturated rings. The molecule has 0 aliphatic carbocycles. The van der Waals surface area contributed by atoms with Crippen LogP contribution in [0.25, 0.3) is 0 Å². The fraction of sp³-hybridized carbons (Fsp3) is 0.615. The molecule has 0 bridgehead atoms. The summed E-state index contributed by atoms with van der Waals surface area (Å²) in [4.78, 5) is 24.1. The molecule has 10 heteroatoms. The number of aliphatic hydroxyl groups is 1. The van der Waals surface area contributed by atoms with Crippen molar-refractivity contribution in [2.75, 3.05) is 0 Å². The second kappa shape index (κ2) is 7.53. The van der Waals surface area contributed by atoms with Crippen LogP contribution in [0.15, 0.2) is 24.5 Å². The fourth-order valence-electron chi connectivity index (χ4n) is 1.88. The minimum Gasteiger partial charge on any atom is -0.367 e. The largest absolute Gasteiger partial charge is 0.372 e. The topological polar surface area (TPSA) is 126 Å². The third kappa shape index (κ3) is 4.94. The molecule has 1 aromatic rings. The molecule has 1 aromatic heterocycles. The molecule has 0 spiro atoms. The molecule has 3 N–H and O–H groups in total. The van der Waals surface area contributed by atoms with Crippen molar-refractivity contribution in [3.05, 3.63) is 30.1 Å². The number of hydrogen-bond donors (Lipinski definition) is 3. The zero-order valence-electron chi connectivity index (χ0n) is 13.5. The number of pyridine rings is 1. The molecular weight excluding hydrogens is 344 g/mol. The molecule has 0 saturated carbocycles. The summed E-state index contributed by atoms with van der Waals surface area (Å²) in [5.41, 5.74) is 0.290. The molecule has 0 aliphatic rings. The van der Waals surface area contributed by atoms with Crippen LogP contribution in [0.1, 0.15) is 33.3 Å². The second-order valence-corrected chi connectivity index (χ2v) is 10.00. The van der Waals surface area contributed by atoms with E-state index in [1.54, 1.807) is 0 Å². The summed E-state index contributed by atoms with van der Waals surface area (Å²) >= 11 is 0. The molecule has 1 rings (SSSR count). The molecule has 0 aliphatic heterocycles. The van der Waals surface area contributed by atoms with Crippen molar-refractivity contribution >= 4 is 15.2 Å². The van der Waals surface area contributed by atoms with Gasteiger partial charge < -0.3 is 23.9 Å². The first-order valence-corrected chi connectivity index (χ1v) is 10.2. The molecule has 23 heavy (non-hydrogen) atoms. The monoisotopic (exact) mass is 367 g/mol. The van der Waals surface area contributed by atoms with Gasteiger partial charge in [-0.2, -0.15) is 0 Å². The van der Waals surface area contributed by atoms with Crippen LogP contribution in [0.2, 0.25) is 0 Å². The van der Waals surface area contributed by atoms with Crippen molar-refractivity contribution in [2.45, 2.75) is 51.4 Å². The number of aromatic nitrogens is 1. The molecule has 1 heterocycles. The summed E-state index contributed by atoms with van der Waals surface area (Å²) in [6.07, 6.45) is 0.669. The maximum atomic E-state index is 12.5. The summed E-state index contributed by atoms with van der Waals surface area (Å²) in [7, 11) is -9.85. The van der Waals surface area contributed by atoms with E-state index in [1.807, 2.05) is 0 Å². The summed E-state index contributed by atoms with van der Waals surface area (Å²) in [5.74, 6) is 0. The Hall–Kier alpha value is -0.590. The smallest absolute Gasteiger partial charge is 0.367 e. The van der Waals surface area contributed by atoms with Gasteiger partial charge in [0.25, 0.3) is 5.08 Å². The molecule has 8 nitrogen and oxygen atoms in total. The van der Waals surface area contributed by atoms with Crippen LogP contribution in [0.5, 0.6) is 0 Å². The van der Waals surface area contributed by atoms with Gasteiger partial charge in [-0.15, -0.1) is 0 Å². The Labute approximate surface area is 135 Å². The van der Waals surface area contributed by atoms with E-state index in [9.17, 15) is 24.0 Å². The van der Waals surface area contributed by atoms with Gasteiger partial charge in [-0.3, -0.25) is 14.1 Å². The minimum atomic E-state index is -4.92. The van der Waals surface area contributed by atoms with Crippen LogP contribution in [0.4, 0.5) is 0 Å². The molecule has 132 valence electrons. The zero-order valence-corrected chi connectivity index (χ0v) is 15.3. The molecule has 0 radical (unpaired) electrons. The van der Waals surface area contributed by atoms with E-state index in [2.05, 4.69) is 4.98 Å². The van der Waals surface area contributed by atoms with E-state index in [0.717, 1.165) is 0 Å². The van der Waals surface area contributed by atoms with Gasteiger partial charge in [-0.1, -0.05) is 6.07 Å². The van der Waals surface area contributed by atoms with Gasteiger partial charge in [0, 0.05) is 18.8 Å². The number of rotatable bonds is 8. The number of hydrogen-bond acceptors (Lipinski definition) is 6. The van der Waals surface area contributed by atoms with Gasteiger partial charge in [0.15, 0.2) is 0 Å². The Morgan fingerprint density at radius 1 is 1.13 bits per heavy atom. The zero-order chi connectivity index (χ0) is 17.9. The van der Waals surface area contributed by atoms with Crippen molar-refractivity contribution in [1.29, 1.82) is 0 Å². The molecule has 0 amide bonds. The van der Waals surface area contributed by atoms with Crippen LogP contribution in [-0.4, -0.2) is 37.2 Å². The summed E-state index contributed by atoms with van der Waals surface area (Å²) < 4.78 is 34.8. The quantitative estimate of drug-likeness (QED) is 0.598. The Kier molecular flexibility index (Phi) is 6.70. The van der Waals surface area contributed by atoms with Crippen LogP contribution < -0.4 is 0 Å². The second-order valence-electron chi connectivity index (χ2n) is 5.66. The first-order chi connectivity index (χ1) is 10.4. The van der Waals surface area contributed by atoms with Gasteiger partial charge in [-0.25, -0.2) is 0 Å². The highest BCUT2D eigenvalue weighted by Gasteiger charge is 2.62. The highest BCUT2D eigenvalue weighted by molar-refractivity contribution is 7.73. The van der Waals surface area contributed by atoms with Crippen molar-refractivity contribution < 1.29 is 33.1 Å². The minimum absolute atomic E-state index is 0.290. The van der Waals surface area contributed by atoms with Gasteiger partial charge in [0.05, 0.1) is 12.2 Å². The summed E-state index contributed by atoms with van der Waals surface area (Å²) in [6.45, 7) is 5.88. The highest BCUT2D eigenvalue weighted by atomic mass is 31.2. The van der Waals surface area contributed by atoms with Crippen molar-refractivity contribution in [2.24, 2.45) is 0 Å². The summed E-state index contributed by atoms with van der Waals surface area (Å²) in [5, 5.41) is 7.71. The van der Waals surface area contributed by atoms with Crippen LogP contribution >= 0.6 is 15.2 Å². The summed E-state index contributed by atoms with van der Waals surface area (Å²) in [6, 6.07) is 3.04. The molecular formula is C13H23NO7P2. The van der Waals surface area contributed by atoms with E-state index in [-0.39, 0.29) is 0 Å². The van der Waals surface area contributed by atoms with E-state index >= 15 is 0 Å². The standard InChI is InChI=1S/C13H23NO7P2/c1-10(2)20-22(16,17)13(15,23(18,19)21-11(3)4)8-12-6-5-7-14-9-12/h5-7,9-11,15H,8H2,1-4H3,(H,16,17)(H,18,19). The van der Waals surface area contributed by atoms with E-state index in [1.165, 1.54) is 52.2 Å². The van der Waals surface area contributed by atoms with Gasteiger partial charge in [-0.05, 0) is 39.3 Å². The lowest BCUT2D eigenvalue weighted by Gasteiger charge is -2.35. The van der Waals surface area contributed by atoms with E-state index in [4.69, 9.17) is 9.05 Å². The van der Waals surface area contributed by atoms with Gasteiger partial charge in [0.1, 0.15) is 0 Å². The van der Waals surface area contributed by atoms with Crippen molar-refractivity contribution in [3.8, 4) is 0 Å². The first-order valence-electron chi connectivity index (χ1n) is 7.05. The molecule has 0 aromatic carbocycles. The lowest BCUT2D eigenvalue weighted by Crippen LogP contribution is -2.34. The molecule has 2 atom stereocenters. The van der Waals surface area contributed by atoms with Crippen molar-refractivity contribution in [3.63, 3.8) is 0 Å². The third-order valence-corrected chi connectivity index (χ3v) is 7.83. The Bertz CT molecular complexity index is 576. The predicted molar refractivity (Wildman–Crippen MR) is 85.0 cm³/mol. The van der Waals surface area contributed by atoms with Crippen LogP contribution in [-0.2, 0) is 24.6 Å². The third-order valence-electron chi connectivity index (χ3n) is 2.78. The van der Waals surface area contributed by atoms with Gasteiger partial charge in [0.2, 0.25) is 0 Å². The molecule has 2 unspecified atom stereocenters. The Morgan fingerprint density at radius 3 is 1.96 bits per heavy atom. The predicted octanol–water partition coefficient (Wildman–Crippen LogP) is 2.49. The maximum Gasteiger partial charge on any atom is 0.372 e. The Balaban J connectivity index is 3.35. The lowest BCUT2D eigenvalue weighted by molar-refractivity contribution is 0.0841.